The van der Waals surface area contributed by atoms with Gasteiger partial charge in [-0.25, -0.2) is 0 Å². The normalized spacial score (nSPS) is 13.8. The van der Waals surface area contributed by atoms with Crippen molar-refractivity contribution in [3.63, 3.8) is 0 Å². The average molecular weight is 935 g/mol. The van der Waals surface area contributed by atoms with E-state index in [1.807, 2.05) is 0 Å². The highest BCUT2D eigenvalue weighted by molar-refractivity contribution is 5.77. The number of esters is 1. The summed E-state index contributed by atoms with van der Waals surface area (Å²) >= 11 is 0. The van der Waals surface area contributed by atoms with E-state index in [2.05, 4.69) is 111 Å². The van der Waals surface area contributed by atoms with E-state index in [4.69, 9.17) is 4.74 Å². The molecule has 6 heteroatoms. The molecule has 0 aliphatic carbocycles. The van der Waals surface area contributed by atoms with Gasteiger partial charge in [-0.2, -0.15) is 0 Å². The Bertz CT molecular complexity index is 1280. The molecule has 3 atom stereocenters. The Morgan fingerprint density at radius 3 is 1.34 bits per heavy atom. The van der Waals surface area contributed by atoms with Crippen LogP contribution in [0.15, 0.2) is 85.1 Å². The lowest BCUT2D eigenvalue weighted by atomic mass is 10.0. The first-order chi connectivity index (χ1) is 33.0. The van der Waals surface area contributed by atoms with Gasteiger partial charge in [0, 0.05) is 6.42 Å². The Morgan fingerprint density at radius 1 is 0.463 bits per heavy atom. The van der Waals surface area contributed by atoms with Crippen LogP contribution in [-0.2, 0) is 14.3 Å². The molecule has 0 aromatic heterocycles. The van der Waals surface area contributed by atoms with Gasteiger partial charge in [-0.3, -0.25) is 9.59 Å². The number of aliphatic hydroxyl groups excluding tert-OH is 2. The second-order valence-corrected chi connectivity index (χ2v) is 19.0. The van der Waals surface area contributed by atoms with Crippen LogP contribution in [0.25, 0.3) is 0 Å². The highest BCUT2D eigenvalue weighted by atomic mass is 16.5. The third-order valence-corrected chi connectivity index (χ3v) is 12.5. The molecule has 0 rings (SSSR count). The van der Waals surface area contributed by atoms with Crippen LogP contribution in [0.4, 0.5) is 0 Å². The fourth-order valence-electron chi connectivity index (χ4n) is 8.21. The van der Waals surface area contributed by atoms with Gasteiger partial charge in [0.1, 0.15) is 6.10 Å². The summed E-state index contributed by atoms with van der Waals surface area (Å²) in [5.74, 6) is -0.532. The molecule has 6 nitrogen and oxygen atoms in total. The van der Waals surface area contributed by atoms with Crippen molar-refractivity contribution in [3.05, 3.63) is 85.1 Å². The Labute approximate surface area is 414 Å². The number of unbranched alkanes of at least 4 members (excludes halogenated alkanes) is 25. The molecule has 0 saturated carbocycles. The SMILES string of the molecule is CC/C=C\C/C=C\C/C=C\C/C=C\C/C=C\CCCCCC(=O)OC(CCCCCC/C=C/C=C/CCCCC)CC(=O)NC(CO)C(O)CCCCCCCCCCCCCCCCCC. The van der Waals surface area contributed by atoms with Crippen LogP contribution in [0.1, 0.15) is 265 Å². The lowest BCUT2D eigenvalue weighted by Crippen LogP contribution is -2.46. The van der Waals surface area contributed by atoms with E-state index in [-0.39, 0.29) is 24.9 Å². The average Bonchev–Trinajstić information content (AvgIpc) is 3.32. The molecule has 386 valence electrons. The van der Waals surface area contributed by atoms with Gasteiger partial charge in [-0.05, 0) is 96.3 Å². The first kappa shape index (κ1) is 64.0. The highest BCUT2D eigenvalue weighted by Gasteiger charge is 2.24. The zero-order chi connectivity index (χ0) is 48.8. The number of amides is 1. The van der Waals surface area contributed by atoms with Crippen LogP contribution in [-0.4, -0.2) is 46.9 Å². The fraction of sp³-hybridized carbons (Fsp3) is 0.738. The smallest absolute Gasteiger partial charge is 0.306 e. The number of allylic oxidation sites excluding steroid dienone is 14. The minimum Gasteiger partial charge on any atom is -0.462 e. The Balaban J connectivity index is 4.61. The van der Waals surface area contributed by atoms with Crippen LogP contribution in [0.2, 0.25) is 0 Å². The summed E-state index contributed by atoms with van der Waals surface area (Å²) in [6.45, 7) is 6.34. The predicted molar refractivity (Wildman–Crippen MR) is 291 cm³/mol. The topological polar surface area (TPSA) is 95.9 Å². The molecule has 0 fully saturated rings. The molecule has 0 aliphatic rings. The van der Waals surface area contributed by atoms with E-state index in [9.17, 15) is 19.8 Å². The lowest BCUT2D eigenvalue weighted by Gasteiger charge is -2.24. The zero-order valence-corrected chi connectivity index (χ0v) is 44.0. The van der Waals surface area contributed by atoms with Crippen molar-refractivity contribution in [3.8, 4) is 0 Å². The number of carbonyl (C=O) groups is 2. The molecule has 0 spiro atoms. The van der Waals surface area contributed by atoms with Crippen LogP contribution >= 0.6 is 0 Å². The van der Waals surface area contributed by atoms with Crippen molar-refractivity contribution < 1.29 is 24.5 Å². The van der Waals surface area contributed by atoms with E-state index >= 15 is 0 Å². The summed E-state index contributed by atoms with van der Waals surface area (Å²) in [5.41, 5.74) is 0. The van der Waals surface area contributed by atoms with Gasteiger partial charge in [-0.1, -0.05) is 241 Å². The summed E-state index contributed by atoms with van der Waals surface area (Å²) in [7, 11) is 0. The lowest BCUT2D eigenvalue weighted by molar-refractivity contribution is -0.151. The van der Waals surface area contributed by atoms with Crippen LogP contribution in [0, 0.1) is 0 Å². The maximum atomic E-state index is 13.3. The predicted octanol–water partition coefficient (Wildman–Crippen LogP) is 17.5. The highest BCUT2D eigenvalue weighted by Crippen LogP contribution is 2.18. The first-order valence-electron chi connectivity index (χ1n) is 28.3. The third-order valence-electron chi connectivity index (χ3n) is 12.5. The van der Waals surface area contributed by atoms with E-state index in [1.165, 1.54) is 103 Å². The molecule has 3 unspecified atom stereocenters. The molecular weight excluding hydrogens is 827 g/mol. The fourth-order valence-corrected chi connectivity index (χ4v) is 8.21. The van der Waals surface area contributed by atoms with E-state index < -0.39 is 18.2 Å². The van der Waals surface area contributed by atoms with E-state index in [1.54, 1.807) is 0 Å². The largest absolute Gasteiger partial charge is 0.462 e. The molecule has 0 heterocycles. The van der Waals surface area contributed by atoms with Gasteiger partial charge in [0.05, 0.1) is 25.2 Å². The summed E-state index contributed by atoms with van der Waals surface area (Å²) < 4.78 is 5.93. The number of hydrogen-bond donors (Lipinski definition) is 3. The molecule has 1 amide bonds. The van der Waals surface area contributed by atoms with Crippen LogP contribution < -0.4 is 5.32 Å². The number of aliphatic hydroxyl groups is 2. The summed E-state index contributed by atoms with van der Waals surface area (Å²) in [4.78, 5) is 26.2. The van der Waals surface area contributed by atoms with Gasteiger partial charge < -0.3 is 20.3 Å². The van der Waals surface area contributed by atoms with Crippen molar-refractivity contribution in [2.75, 3.05) is 6.61 Å². The number of ether oxygens (including phenoxy) is 1. The van der Waals surface area contributed by atoms with Crippen molar-refractivity contribution in [2.24, 2.45) is 0 Å². The van der Waals surface area contributed by atoms with E-state index in [0.29, 0.717) is 19.3 Å². The number of rotatable bonds is 50. The first-order valence-corrected chi connectivity index (χ1v) is 28.3. The molecule has 0 radical (unpaired) electrons. The van der Waals surface area contributed by atoms with Crippen LogP contribution in [0.5, 0.6) is 0 Å². The van der Waals surface area contributed by atoms with E-state index in [0.717, 1.165) is 116 Å². The molecule has 3 N–H and O–H groups in total. The van der Waals surface area contributed by atoms with Gasteiger partial charge in [0.2, 0.25) is 5.91 Å². The number of carbonyl (C=O) groups excluding carboxylic acids is 2. The van der Waals surface area contributed by atoms with Gasteiger partial charge in [-0.15, -0.1) is 0 Å². The van der Waals surface area contributed by atoms with Crippen molar-refractivity contribution >= 4 is 11.9 Å². The molecule has 0 saturated heterocycles. The second-order valence-electron chi connectivity index (χ2n) is 19.0. The monoisotopic (exact) mass is 934 g/mol. The van der Waals surface area contributed by atoms with Crippen molar-refractivity contribution in [2.45, 2.75) is 283 Å². The van der Waals surface area contributed by atoms with Crippen molar-refractivity contribution in [1.29, 1.82) is 0 Å². The second kappa shape index (κ2) is 54.0. The third kappa shape index (κ3) is 49.3. The molecule has 0 bridgehead atoms. The maximum Gasteiger partial charge on any atom is 0.306 e. The van der Waals surface area contributed by atoms with Gasteiger partial charge in [0.25, 0.3) is 0 Å². The maximum absolute atomic E-state index is 13.3. The number of hydrogen-bond acceptors (Lipinski definition) is 5. The minimum absolute atomic E-state index is 0.0470. The van der Waals surface area contributed by atoms with Gasteiger partial charge >= 0.3 is 5.97 Å². The quantitative estimate of drug-likeness (QED) is 0.0244. The Hall–Kier alpha value is -2.96. The Kier molecular flexibility index (Phi) is 51.6. The summed E-state index contributed by atoms with van der Waals surface area (Å²) in [6, 6.07) is -0.720. The molecular formula is C61H107NO5. The number of nitrogens with one attached hydrogen (secondary N) is 1. The molecule has 0 aromatic rings. The molecule has 67 heavy (non-hydrogen) atoms. The Morgan fingerprint density at radius 2 is 0.851 bits per heavy atom. The minimum atomic E-state index is -0.804. The standard InChI is InChI=1S/C61H107NO5/c1-4-7-10-13-16-19-22-25-27-29-30-31-33-36-39-42-45-48-51-54-61(66)67-57(52-49-46-43-40-37-34-24-21-18-15-12-9-6-3)55-60(65)62-58(56-63)59(64)53-50-47-44-41-38-35-32-28-26-23-20-17-14-11-8-5-2/h7,10,16,18-19,21,24-25,27,30-31,34,36,39,57-59,63-64H,4-6,8-9,11-15,17,20,22-23,26,28-29,32-33,35,37-38,40-56H2,1-3H3,(H,62,65)/b10-7-,19-16-,21-18+,27-25-,31-30-,34-24+,39-36-. The van der Waals surface area contributed by atoms with Gasteiger partial charge in [0.15, 0.2) is 0 Å². The molecule has 0 aromatic carbocycles. The molecule has 0 aliphatic heterocycles. The summed E-state index contributed by atoms with van der Waals surface area (Å²) in [5, 5.41) is 23.9. The summed E-state index contributed by atoms with van der Waals surface area (Å²) in [6.07, 6.45) is 70.7. The van der Waals surface area contributed by atoms with Crippen LogP contribution in [0.3, 0.4) is 0 Å². The van der Waals surface area contributed by atoms with Crippen molar-refractivity contribution in [1.82, 2.24) is 5.32 Å². The zero-order valence-electron chi connectivity index (χ0n) is 44.0.